The van der Waals surface area contributed by atoms with Crippen molar-refractivity contribution in [1.29, 1.82) is 0 Å². The van der Waals surface area contributed by atoms with Gasteiger partial charge in [0.15, 0.2) is 0 Å². The molecule has 1 fully saturated rings. The van der Waals surface area contributed by atoms with E-state index in [4.69, 9.17) is 11.5 Å². The van der Waals surface area contributed by atoms with Crippen molar-refractivity contribution in [3.05, 3.63) is 53.6 Å². The summed E-state index contributed by atoms with van der Waals surface area (Å²) in [6.07, 6.45) is 2.53. The third kappa shape index (κ3) is 3.42. The van der Waals surface area contributed by atoms with E-state index in [0.717, 1.165) is 35.0 Å². The van der Waals surface area contributed by atoms with Crippen LogP contribution in [0, 0.1) is 0 Å². The standard InChI is InChI=1S/C19H18N4O2.CH5N/c20-17(25)16-14-5-4-12(9-15(14)23-18(16)22-10-24)11-2-1-3-13(8-11)19(21)6-7-19;1-2/h1-5,8-10,23H,6-7,21H2,(H2,20,25)(H,22,24);2H2,1H3. The molecule has 3 aromatic rings. The lowest BCUT2D eigenvalue weighted by Crippen LogP contribution is -2.18. The molecule has 1 heterocycles. The Balaban J connectivity index is 0.00000102. The summed E-state index contributed by atoms with van der Waals surface area (Å²) in [5, 5.41) is 3.17. The van der Waals surface area contributed by atoms with Gasteiger partial charge in [-0.1, -0.05) is 30.3 Å². The molecule has 1 aromatic heterocycles. The minimum absolute atomic E-state index is 0.188. The average Bonchev–Trinajstić information content (AvgIpc) is 3.33. The third-order valence-electron chi connectivity index (χ3n) is 4.81. The molecule has 7 nitrogen and oxygen atoms in total. The van der Waals surface area contributed by atoms with E-state index in [9.17, 15) is 9.59 Å². The highest BCUT2D eigenvalue weighted by molar-refractivity contribution is 6.12. The molecule has 0 bridgehead atoms. The minimum atomic E-state index is -0.593. The van der Waals surface area contributed by atoms with Gasteiger partial charge in [0, 0.05) is 16.4 Å². The first-order chi connectivity index (χ1) is 13.0. The molecular formula is C20H23N5O2. The van der Waals surface area contributed by atoms with Crippen LogP contribution in [-0.2, 0) is 10.3 Å². The number of carbonyl (C=O) groups excluding carboxylic acids is 2. The molecular weight excluding hydrogens is 342 g/mol. The first kappa shape index (κ1) is 18.6. The summed E-state index contributed by atoms with van der Waals surface area (Å²) < 4.78 is 0. The number of primary amides is 1. The number of amides is 2. The summed E-state index contributed by atoms with van der Waals surface area (Å²) in [5.41, 5.74) is 20.3. The zero-order valence-corrected chi connectivity index (χ0v) is 15.1. The van der Waals surface area contributed by atoms with Crippen molar-refractivity contribution in [1.82, 2.24) is 4.98 Å². The molecule has 1 saturated carbocycles. The molecule has 1 aliphatic rings. The van der Waals surface area contributed by atoms with Crippen molar-refractivity contribution in [3.8, 4) is 11.1 Å². The fraction of sp³-hybridized carbons (Fsp3) is 0.200. The van der Waals surface area contributed by atoms with E-state index < -0.39 is 5.91 Å². The molecule has 2 amide bonds. The molecule has 0 saturated heterocycles. The Bertz CT molecular complexity index is 1000. The highest BCUT2D eigenvalue weighted by Gasteiger charge is 2.39. The van der Waals surface area contributed by atoms with Crippen LogP contribution in [0.15, 0.2) is 42.5 Å². The molecule has 0 radical (unpaired) electrons. The summed E-state index contributed by atoms with van der Waals surface area (Å²) in [4.78, 5) is 25.5. The predicted octanol–water partition coefficient (Wildman–Crippen LogP) is 2.02. The van der Waals surface area contributed by atoms with Crippen molar-refractivity contribution in [2.75, 3.05) is 12.4 Å². The Labute approximate surface area is 156 Å². The zero-order chi connectivity index (χ0) is 19.6. The third-order valence-corrected chi connectivity index (χ3v) is 4.81. The molecule has 8 N–H and O–H groups in total. The molecule has 27 heavy (non-hydrogen) atoms. The van der Waals surface area contributed by atoms with Crippen LogP contribution in [0.2, 0.25) is 0 Å². The number of aromatic nitrogens is 1. The maximum atomic E-state index is 11.7. The van der Waals surface area contributed by atoms with Crippen LogP contribution in [0.3, 0.4) is 0 Å². The Morgan fingerprint density at radius 3 is 2.48 bits per heavy atom. The molecule has 0 aliphatic heterocycles. The number of H-pyrrole nitrogens is 1. The van der Waals surface area contributed by atoms with E-state index in [1.807, 2.05) is 30.3 Å². The van der Waals surface area contributed by atoms with Crippen molar-refractivity contribution < 1.29 is 9.59 Å². The van der Waals surface area contributed by atoms with E-state index in [1.165, 1.54) is 7.05 Å². The molecule has 4 rings (SSSR count). The van der Waals surface area contributed by atoms with Crippen molar-refractivity contribution in [2.45, 2.75) is 18.4 Å². The van der Waals surface area contributed by atoms with E-state index in [-0.39, 0.29) is 11.1 Å². The largest absolute Gasteiger partial charge is 0.365 e. The van der Waals surface area contributed by atoms with Crippen LogP contribution in [0.4, 0.5) is 5.82 Å². The van der Waals surface area contributed by atoms with Gasteiger partial charge in [-0.2, -0.15) is 0 Å². The second-order valence-electron chi connectivity index (χ2n) is 6.50. The predicted molar refractivity (Wildman–Crippen MR) is 107 cm³/mol. The summed E-state index contributed by atoms with van der Waals surface area (Å²) in [5.74, 6) is -0.286. The van der Waals surface area contributed by atoms with E-state index in [1.54, 1.807) is 0 Å². The topological polar surface area (TPSA) is 140 Å². The van der Waals surface area contributed by atoms with Gasteiger partial charge in [0.2, 0.25) is 6.41 Å². The number of benzene rings is 2. The number of carbonyl (C=O) groups is 2. The van der Waals surface area contributed by atoms with Crippen LogP contribution in [0.1, 0.15) is 28.8 Å². The van der Waals surface area contributed by atoms with Crippen molar-refractivity contribution in [2.24, 2.45) is 17.2 Å². The number of rotatable bonds is 5. The average molecular weight is 365 g/mol. The number of nitrogens with two attached hydrogens (primary N) is 3. The van der Waals surface area contributed by atoms with Gasteiger partial charge in [0.05, 0.1) is 5.56 Å². The fourth-order valence-electron chi connectivity index (χ4n) is 3.23. The van der Waals surface area contributed by atoms with Gasteiger partial charge in [-0.3, -0.25) is 9.59 Å². The number of aromatic amines is 1. The first-order valence-corrected chi connectivity index (χ1v) is 8.65. The van der Waals surface area contributed by atoms with E-state index in [2.05, 4.69) is 28.2 Å². The second kappa shape index (κ2) is 7.22. The molecule has 2 aromatic carbocycles. The zero-order valence-electron chi connectivity index (χ0n) is 15.1. The van der Waals surface area contributed by atoms with Crippen LogP contribution in [-0.4, -0.2) is 24.3 Å². The molecule has 0 spiro atoms. The Morgan fingerprint density at radius 1 is 1.15 bits per heavy atom. The highest BCUT2D eigenvalue weighted by atomic mass is 16.1. The number of hydrogen-bond acceptors (Lipinski definition) is 4. The van der Waals surface area contributed by atoms with E-state index in [0.29, 0.717) is 17.6 Å². The minimum Gasteiger partial charge on any atom is -0.365 e. The summed E-state index contributed by atoms with van der Waals surface area (Å²) in [6, 6.07) is 13.9. The smallest absolute Gasteiger partial charge is 0.253 e. The maximum Gasteiger partial charge on any atom is 0.253 e. The maximum absolute atomic E-state index is 11.7. The van der Waals surface area contributed by atoms with Crippen molar-refractivity contribution >= 4 is 29.0 Å². The van der Waals surface area contributed by atoms with Crippen LogP contribution in [0.5, 0.6) is 0 Å². The van der Waals surface area contributed by atoms with Gasteiger partial charge in [0.1, 0.15) is 5.82 Å². The monoisotopic (exact) mass is 365 g/mol. The van der Waals surface area contributed by atoms with Gasteiger partial charge in [-0.15, -0.1) is 0 Å². The summed E-state index contributed by atoms with van der Waals surface area (Å²) in [6.45, 7) is 0. The van der Waals surface area contributed by atoms with Gasteiger partial charge < -0.3 is 27.5 Å². The van der Waals surface area contributed by atoms with Gasteiger partial charge in [0.25, 0.3) is 5.91 Å². The number of nitrogens with one attached hydrogen (secondary N) is 2. The van der Waals surface area contributed by atoms with Crippen LogP contribution in [0.25, 0.3) is 22.0 Å². The molecule has 0 unspecified atom stereocenters. The Hall–Kier alpha value is -3.16. The SMILES string of the molecule is CN.NC(=O)c1c(NC=O)[nH]c2cc(-c3cccc(C4(N)CC4)c3)ccc12. The lowest BCUT2D eigenvalue weighted by atomic mass is 9.97. The number of anilines is 1. The van der Waals surface area contributed by atoms with Crippen LogP contribution < -0.4 is 22.5 Å². The molecule has 0 atom stereocenters. The Morgan fingerprint density at radius 2 is 1.85 bits per heavy atom. The van der Waals surface area contributed by atoms with Gasteiger partial charge >= 0.3 is 0 Å². The lowest BCUT2D eigenvalue weighted by Gasteiger charge is -2.11. The number of fused-ring (bicyclic) bond motifs is 1. The fourth-order valence-corrected chi connectivity index (χ4v) is 3.23. The highest BCUT2D eigenvalue weighted by Crippen LogP contribution is 2.43. The quantitative estimate of drug-likeness (QED) is 0.441. The van der Waals surface area contributed by atoms with Crippen LogP contribution >= 0.6 is 0 Å². The van der Waals surface area contributed by atoms with Gasteiger partial charge in [-0.25, -0.2) is 0 Å². The summed E-state index contributed by atoms with van der Waals surface area (Å²) in [7, 11) is 1.50. The normalized spacial score (nSPS) is 14.2. The van der Waals surface area contributed by atoms with E-state index >= 15 is 0 Å². The van der Waals surface area contributed by atoms with Gasteiger partial charge in [-0.05, 0) is 48.7 Å². The first-order valence-electron chi connectivity index (χ1n) is 8.65. The second-order valence-corrected chi connectivity index (χ2v) is 6.50. The molecule has 7 heteroatoms. The summed E-state index contributed by atoms with van der Waals surface area (Å²) >= 11 is 0. The lowest BCUT2D eigenvalue weighted by molar-refractivity contribution is -0.105. The molecule has 140 valence electrons. The number of hydrogen-bond donors (Lipinski definition) is 5. The van der Waals surface area contributed by atoms with Crippen molar-refractivity contribution in [3.63, 3.8) is 0 Å². The molecule has 1 aliphatic carbocycles. The Kier molecular flexibility index (Phi) is 4.98.